The summed E-state index contributed by atoms with van der Waals surface area (Å²) >= 11 is 0. The third kappa shape index (κ3) is 5.54. The molecule has 2 saturated heterocycles. The first kappa shape index (κ1) is 24.9. The van der Waals surface area contributed by atoms with Crippen molar-refractivity contribution in [1.82, 2.24) is 25.1 Å². The molecule has 1 aromatic carbocycles. The van der Waals surface area contributed by atoms with Gasteiger partial charge in [0.25, 0.3) is 0 Å². The maximum absolute atomic E-state index is 13.5. The Morgan fingerprint density at radius 2 is 1.69 bits per heavy atom. The number of aromatic nitrogens is 4. The molecule has 4 heterocycles. The van der Waals surface area contributed by atoms with Gasteiger partial charge in [0.05, 0.1) is 0 Å². The number of halogens is 3. The fourth-order valence-electron chi connectivity index (χ4n) is 4.31. The lowest BCUT2D eigenvalue weighted by Crippen LogP contribution is -2.46. The van der Waals surface area contributed by atoms with Crippen molar-refractivity contribution < 1.29 is 8.78 Å². The number of nitrogens with two attached hydrogens (primary N) is 1. The van der Waals surface area contributed by atoms with Gasteiger partial charge in [0.1, 0.15) is 29.0 Å². The van der Waals surface area contributed by atoms with Gasteiger partial charge in [0.2, 0.25) is 0 Å². The lowest BCUT2D eigenvalue weighted by atomic mass is 10.1. The quantitative estimate of drug-likeness (QED) is 0.533. The number of benzene rings is 1. The summed E-state index contributed by atoms with van der Waals surface area (Å²) in [6, 6.07) is 5.47. The summed E-state index contributed by atoms with van der Waals surface area (Å²) in [7, 11) is 0. The van der Waals surface area contributed by atoms with Gasteiger partial charge in [-0.25, -0.2) is 18.7 Å². The van der Waals surface area contributed by atoms with Gasteiger partial charge in [0, 0.05) is 74.9 Å². The van der Waals surface area contributed by atoms with Crippen LogP contribution in [0.3, 0.4) is 0 Å². The van der Waals surface area contributed by atoms with E-state index in [0.717, 1.165) is 62.3 Å². The summed E-state index contributed by atoms with van der Waals surface area (Å²) in [5.41, 5.74) is 9.19. The number of nitrogens with one attached hydrogen (secondary N) is 1. The molecule has 8 nitrogen and oxygen atoms in total. The molecule has 0 bridgehead atoms. The molecule has 0 aliphatic carbocycles. The number of aromatic amines is 1. The van der Waals surface area contributed by atoms with Gasteiger partial charge in [-0.05, 0) is 25.5 Å². The van der Waals surface area contributed by atoms with Gasteiger partial charge < -0.3 is 15.5 Å². The van der Waals surface area contributed by atoms with E-state index in [9.17, 15) is 8.78 Å². The number of H-pyrrole nitrogens is 1. The number of aryl methyl sites for hydroxylation is 1. The summed E-state index contributed by atoms with van der Waals surface area (Å²) in [4.78, 5) is 15.6. The zero-order valence-corrected chi connectivity index (χ0v) is 20.4. The largest absolute Gasteiger partial charge is 0.384 e. The molecule has 2 aliphatic heterocycles. The first-order valence-electron chi connectivity index (χ1n) is 11.5. The molecule has 0 amide bonds. The van der Waals surface area contributed by atoms with E-state index in [-0.39, 0.29) is 12.4 Å². The predicted molar refractivity (Wildman–Crippen MR) is 137 cm³/mol. The van der Waals surface area contributed by atoms with Gasteiger partial charge in [-0.3, -0.25) is 10.00 Å². The Morgan fingerprint density at radius 1 is 0.971 bits per heavy atom. The number of nitrogen functional groups attached to an aromatic ring is 1. The average molecular weight is 503 g/mol. The number of hydrogen-bond acceptors (Lipinski definition) is 7. The zero-order chi connectivity index (χ0) is 23.7. The van der Waals surface area contributed by atoms with E-state index >= 15 is 0 Å². The van der Waals surface area contributed by atoms with Crippen LogP contribution < -0.4 is 15.5 Å². The van der Waals surface area contributed by atoms with Crippen LogP contribution in [0.15, 0.2) is 30.3 Å². The fraction of sp³-hybridized carbons (Fsp3) is 0.375. The first-order valence-corrected chi connectivity index (χ1v) is 11.5. The SMILES string of the molecule is Cc1[nH]nc(-c2nc(N)cc(N3CCC3)n2)c1/C=C/CN1CCN(c2cc(F)cc(F)c2)CC1.Cl. The number of piperazine rings is 1. The van der Waals surface area contributed by atoms with Gasteiger partial charge in [-0.15, -0.1) is 12.4 Å². The zero-order valence-electron chi connectivity index (χ0n) is 19.5. The smallest absolute Gasteiger partial charge is 0.184 e. The second-order valence-corrected chi connectivity index (χ2v) is 8.74. The normalized spacial score (nSPS) is 16.4. The Hall–Kier alpha value is -3.24. The van der Waals surface area contributed by atoms with Crippen LogP contribution in [-0.4, -0.2) is 70.9 Å². The Bertz CT molecular complexity index is 1180. The molecule has 5 rings (SSSR count). The van der Waals surface area contributed by atoms with Gasteiger partial charge in [-0.1, -0.05) is 12.2 Å². The van der Waals surface area contributed by atoms with Crippen molar-refractivity contribution in [2.24, 2.45) is 0 Å². The van der Waals surface area contributed by atoms with E-state index in [1.54, 1.807) is 6.07 Å². The summed E-state index contributed by atoms with van der Waals surface area (Å²) in [5, 5.41) is 7.47. The summed E-state index contributed by atoms with van der Waals surface area (Å²) in [6.07, 6.45) is 5.29. The van der Waals surface area contributed by atoms with E-state index in [1.807, 2.05) is 17.9 Å². The molecular weight excluding hydrogens is 474 g/mol. The van der Waals surface area contributed by atoms with Crippen LogP contribution in [0.1, 0.15) is 17.7 Å². The standard InChI is InChI=1S/C24H28F2N8.ClH/c1-16-20(23(31-30-16)24-28-21(27)15-22(29-24)34-6-3-7-34)4-2-5-32-8-10-33(11-9-32)19-13-17(25)12-18(26)14-19;/h2,4,12-15H,3,5-11H2,1H3,(H,30,31)(H2,27,28,29);1H/b4-2+;. The van der Waals surface area contributed by atoms with E-state index in [2.05, 4.69) is 31.1 Å². The Balaban J connectivity index is 0.00000289. The van der Waals surface area contributed by atoms with E-state index in [1.165, 1.54) is 12.1 Å². The van der Waals surface area contributed by atoms with E-state index < -0.39 is 11.6 Å². The van der Waals surface area contributed by atoms with Crippen LogP contribution in [0.2, 0.25) is 0 Å². The van der Waals surface area contributed by atoms with Crippen molar-refractivity contribution in [2.45, 2.75) is 13.3 Å². The monoisotopic (exact) mass is 502 g/mol. The lowest BCUT2D eigenvalue weighted by Gasteiger charge is -2.35. The summed E-state index contributed by atoms with van der Waals surface area (Å²) in [6.45, 7) is 7.70. The average Bonchev–Trinajstić information content (AvgIpc) is 3.12. The van der Waals surface area contributed by atoms with Crippen LogP contribution >= 0.6 is 12.4 Å². The highest BCUT2D eigenvalue weighted by Gasteiger charge is 2.21. The van der Waals surface area contributed by atoms with Gasteiger partial charge in [-0.2, -0.15) is 5.10 Å². The van der Waals surface area contributed by atoms with Crippen molar-refractivity contribution >= 4 is 35.8 Å². The molecule has 0 spiro atoms. The highest BCUT2D eigenvalue weighted by atomic mass is 35.5. The van der Waals surface area contributed by atoms with Crippen molar-refractivity contribution in [3.05, 3.63) is 53.2 Å². The molecular formula is C24H29ClF2N8. The van der Waals surface area contributed by atoms with Crippen molar-refractivity contribution in [3.63, 3.8) is 0 Å². The highest BCUT2D eigenvalue weighted by Crippen LogP contribution is 2.27. The summed E-state index contributed by atoms with van der Waals surface area (Å²) < 4.78 is 27.1. The lowest BCUT2D eigenvalue weighted by molar-refractivity contribution is 0.284. The molecule has 2 aromatic heterocycles. The molecule has 2 aliphatic rings. The molecule has 2 fully saturated rings. The third-order valence-electron chi connectivity index (χ3n) is 6.35. The molecule has 0 saturated carbocycles. The first-order chi connectivity index (χ1) is 16.5. The maximum Gasteiger partial charge on any atom is 0.184 e. The van der Waals surface area contributed by atoms with E-state index in [4.69, 9.17) is 10.7 Å². The van der Waals surface area contributed by atoms with Crippen LogP contribution in [0, 0.1) is 18.6 Å². The van der Waals surface area contributed by atoms with Crippen LogP contribution in [0.4, 0.5) is 26.1 Å². The van der Waals surface area contributed by atoms with E-state index in [0.29, 0.717) is 36.1 Å². The van der Waals surface area contributed by atoms with Crippen LogP contribution in [-0.2, 0) is 0 Å². The molecule has 0 unspecified atom stereocenters. The van der Waals surface area contributed by atoms with Crippen LogP contribution in [0.25, 0.3) is 17.6 Å². The Labute approximate surface area is 209 Å². The molecule has 11 heteroatoms. The summed E-state index contributed by atoms with van der Waals surface area (Å²) in [5.74, 6) is 0.682. The number of rotatable bonds is 6. The molecule has 3 N–H and O–H groups in total. The van der Waals surface area contributed by atoms with Gasteiger partial charge >= 0.3 is 0 Å². The third-order valence-corrected chi connectivity index (χ3v) is 6.35. The second kappa shape index (κ2) is 10.6. The topological polar surface area (TPSA) is 90.2 Å². The number of hydrogen-bond donors (Lipinski definition) is 2. The number of anilines is 3. The van der Waals surface area contributed by atoms with Gasteiger partial charge in [0.15, 0.2) is 5.82 Å². The minimum absolute atomic E-state index is 0. The maximum atomic E-state index is 13.5. The molecule has 3 aromatic rings. The molecule has 0 radical (unpaired) electrons. The minimum atomic E-state index is -0.548. The molecule has 186 valence electrons. The predicted octanol–water partition coefficient (Wildman–Crippen LogP) is 3.50. The van der Waals surface area contributed by atoms with Crippen molar-refractivity contribution in [2.75, 3.05) is 61.3 Å². The van der Waals surface area contributed by atoms with Crippen molar-refractivity contribution in [3.8, 4) is 11.5 Å². The Morgan fingerprint density at radius 3 is 2.34 bits per heavy atom. The number of nitrogens with zero attached hydrogens (tertiary/aromatic N) is 6. The minimum Gasteiger partial charge on any atom is -0.384 e. The molecule has 0 atom stereocenters. The van der Waals surface area contributed by atoms with Crippen molar-refractivity contribution in [1.29, 1.82) is 0 Å². The van der Waals surface area contributed by atoms with Crippen LogP contribution in [0.5, 0.6) is 0 Å². The molecule has 35 heavy (non-hydrogen) atoms. The second-order valence-electron chi connectivity index (χ2n) is 8.74. The fourth-order valence-corrected chi connectivity index (χ4v) is 4.31. The highest BCUT2D eigenvalue weighted by molar-refractivity contribution is 5.85. The Kier molecular flexibility index (Phi) is 7.51.